The van der Waals surface area contributed by atoms with Crippen molar-refractivity contribution < 1.29 is 51.6 Å². The molecular formula is C43H27N4O2Pt2-3. The van der Waals surface area contributed by atoms with Crippen molar-refractivity contribution >= 4 is 16.5 Å². The second-order valence-corrected chi connectivity index (χ2v) is 10.9. The molecule has 0 unspecified atom stereocenters. The maximum Gasteiger partial charge on any atom is 4.00 e. The van der Waals surface area contributed by atoms with Gasteiger partial charge in [0.1, 0.15) is 0 Å². The van der Waals surface area contributed by atoms with E-state index in [0.29, 0.717) is 23.0 Å². The van der Waals surface area contributed by atoms with Gasteiger partial charge in [-0.25, -0.2) is 24.2 Å². The molecule has 1 aliphatic heterocycles. The summed E-state index contributed by atoms with van der Waals surface area (Å²) in [6.07, 6.45) is 15.7. The van der Waals surface area contributed by atoms with Gasteiger partial charge in [0.05, 0.1) is 0 Å². The van der Waals surface area contributed by atoms with Crippen molar-refractivity contribution in [1.82, 2.24) is 14.5 Å². The number of aromatic nitrogens is 2. The summed E-state index contributed by atoms with van der Waals surface area (Å²) < 4.78 is 13.8. The van der Waals surface area contributed by atoms with Crippen molar-refractivity contribution in [3.63, 3.8) is 0 Å². The standard InChI is InChI=1S/C37H23N3O2.C6H4N.2Pt/c1-39-19-20-40(26-39)30-11-8-15-33(24-30)42-34-22-29-9-5-6-16-35(29)36(25-34)37-23-28(17-18-38-37)27-10-7-14-32(21-27)41-31-12-3-2-4-13-31;1-2-7-5-3-4-6-7;;/h2-12,14-16,18-20,22-23,26H,1H3;3-6H;;/q-6;-1;;+4. The average Bonchev–Trinajstić information content (AvgIpc) is 3.85. The van der Waals surface area contributed by atoms with Crippen LogP contribution < -0.4 is 14.4 Å². The summed E-state index contributed by atoms with van der Waals surface area (Å²) in [4.78, 5) is 8.64. The van der Waals surface area contributed by atoms with Crippen LogP contribution in [-0.2, 0) is 42.1 Å². The van der Waals surface area contributed by atoms with Crippen LogP contribution >= 0.6 is 0 Å². The van der Waals surface area contributed by atoms with E-state index in [-0.39, 0.29) is 42.1 Å². The number of pyridine rings is 1. The van der Waals surface area contributed by atoms with E-state index in [1.165, 1.54) is 0 Å². The van der Waals surface area contributed by atoms with Crippen LogP contribution in [0.4, 0.5) is 5.69 Å². The molecule has 8 rings (SSSR count). The summed E-state index contributed by atoms with van der Waals surface area (Å²) in [5.74, 6) is 2.40. The first kappa shape index (κ1) is 36.9. The first-order chi connectivity index (χ1) is 24.1. The molecule has 8 heteroatoms. The number of nitrogens with zero attached hydrogens (tertiary/aromatic N) is 4. The minimum atomic E-state index is 0. The van der Waals surface area contributed by atoms with Crippen LogP contribution in [0, 0.1) is 49.5 Å². The van der Waals surface area contributed by atoms with E-state index in [4.69, 9.17) is 15.9 Å². The van der Waals surface area contributed by atoms with Crippen molar-refractivity contribution in [2.45, 2.75) is 0 Å². The van der Waals surface area contributed by atoms with Crippen molar-refractivity contribution in [3.8, 4) is 51.4 Å². The Bertz CT molecular complexity index is 2270. The van der Waals surface area contributed by atoms with Gasteiger partial charge in [0.2, 0.25) is 0 Å². The molecule has 0 saturated heterocycles. The van der Waals surface area contributed by atoms with Gasteiger partial charge in [-0.2, -0.15) is 43.1 Å². The fourth-order valence-corrected chi connectivity index (χ4v) is 5.14. The van der Waals surface area contributed by atoms with Gasteiger partial charge < -0.3 is 35.2 Å². The molecule has 0 aliphatic carbocycles. The van der Waals surface area contributed by atoms with Gasteiger partial charge in [-0.15, -0.1) is 53.0 Å². The molecule has 1 aliphatic rings. The third kappa shape index (κ3) is 9.27. The average molecular weight is 1020 g/mol. The summed E-state index contributed by atoms with van der Waals surface area (Å²) in [5, 5.41) is 2.04. The molecule has 0 N–H and O–H groups in total. The Kier molecular flexibility index (Phi) is 12.7. The van der Waals surface area contributed by atoms with E-state index in [1.54, 1.807) is 23.2 Å². The Morgan fingerprint density at radius 1 is 0.725 bits per heavy atom. The van der Waals surface area contributed by atoms with Crippen LogP contribution in [0.3, 0.4) is 0 Å². The predicted octanol–water partition coefficient (Wildman–Crippen LogP) is 9.38. The van der Waals surface area contributed by atoms with Crippen molar-refractivity contribution in [2.24, 2.45) is 0 Å². The van der Waals surface area contributed by atoms with E-state index < -0.39 is 0 Å². The first-order valence-electron chi connectivity index (χ1n) is 15.4. The Morgan fingerprint density at radius 3 is 2.22 bits per heavy atom. The van der Waals surface area contributed by atoms with E-state index in [1.807, 2.05) is 133 Å². The molecular weight excluding hydrogens is 995 g/mol. The van der Waals surface area contributed by atoms with Gasteiger partial charge >= 0.3 is 21.1 Å². The van der Waals surface area contributed by atoms with Gasteiger partial charge in [0.15, 0.2) is 0 Å². The largest absolute Gasteiger partial charge is 4.00 e. The second kappa shape index (κ2) is 17.5. The second-order valence-electron chi connectivity index (χ2n) is 10.9. The summed E-state index contributed by atoms with van der Waals surface area (Å²) in [6.45, 7) is 1.98. The Balaban J connectivity index is 0.000000503. The fraction of sp³-hybridized carbons (Fsp3) is 0.0233. The van der Waals surface area contributed by atoms with E-state index >= 15 is 0 Å². The monoisotopic (exact) mass is 1020 g/mol. The summed E-state index contributed by atoms with van der Waals surface area (Å²) in [5.41, 5.74) is 4.14. The van der Waals surface area contributed by atoms with Crippen LogP contribution in [0.15, 0.2) is 140 Å². The van der Waals surface area contributed by atoms with Gasteiger partial charge in [0, 0.05) is 56.5 Å². The molecule has 2 aromatic heterocycles. The van der Waals surface area contributed by atoms with Crippen LogP contribution in [0.5, 0.6) is 23.0 Å². The van der Waals surface area contributed by atoms with Crippen LogP contribution in [0.2, 0.25) is 0 Å². The molecule has 6 nitrogen and oxygen atoms in total. The van der Waals surface area contributed by atoms with E-state index in [9.17, 15) is 0 Å². The molecule has 0 fully saturated rings. The molecule has 3 heterocycles. The van der Waals surface area contributed by atoms with Gasteiger partial charge in [0.25, 0.3) is 0 Å². The Morgan fingerprint density at radius 2 is 1.47 bits per heavy atom. The molecule has 7 aromatic rings. The quantitative estimate of drug-likeness (QED) is 0.118. The zero-order valence-corrected chi connectivity index (χ0v) is 31.6. The van der Waals surface area contributed by atoms with E-state index in [2.05, 4.69) is 53.5 Å². The number of anilines is 1. The molecule has 5 aromatic carbocycles. The van der Waals surface area contributed by atoms with Crippen molar-refractivity contribution in [1.29, 1.82) is 0 Å². The SMILES string of the molecule is CN1C=CN(c2[c-]c(Oc3[c-]c(-c4cc(-c5[c-]c(Oc6[c-]cccc6)ccc5)[c-]cn4)c4ccccc4c3)ccc2)[CH-]1.[C-]#Cn1cccc1.[Pt+4].[Pt]. The topological polar surface area (TPSA) is 42.8 Å². The van der Waals surface area contributed by atoms with Crippen LogP contribution in [0.1, 0.15) is 0 Å². The molecule has 0 atom stereocenters. The predicted molar refractivity (Wildman–Crippen MR) is 190 cm³/mol. The normalized spacial score (nSPS) is 11.5. The number of rotatable bonds is 7. The molecule has 0 saturated carbocycles. The molecule has 51 heavy (non-hydrogen) atoms. The minimum Gasteiger partial charge on any atom is -0.669 e. The van der Waals surface area contributed by atoms with Crippen molar-refractivity contribution in [2.75, 3.05) is 11.9 Å². The number of hydrogen-bond donors (Lipinski definition) is 0. The number of hydrogen-bond acceptors (Lipinski definition) is 5. The van der Waals surface area contributed by atoms with E-state index in [0.717, 1.165) is 38.8 Å². The number of ether oxygens (including phenoxy) is 2. The maximum atomic E-state index is 6.57. The third-order valence-corrected chi connectivity index (χ3v) is 7.44. The summed E-state index contributed by atoms with van der Waals surface area (Å²) >= 11 is 0. The summed E-state index contributed by atoms with van der Waals surface area (Å²) in [7, 11) is 1.98. The summed E-state index contributed by atoms with van der Waals surface area (Å²) in [6, 6.07) is 53.6. The molecule has 254 valence electrons. The fourth-order valence-electron chi connectivity index (χ4n) is 5.14. The first-order valence-corrected chi connectivity index (χ1v) is 15.4. The van der Waals surface area contributed by atoms with Gasteiger partial charge in [-0.05, 0) is 31.6 Å². The number of benzene rings is 5. The molecule has 0 spiro atoms. The zero-order chi connectivity index (χ0) is 33.4. The van der Waals surface area contributed by atoms with Gasteiger partial charge in [-0.1, -0.05) is 53.7 Å². The van der Waals surface area contributed by atoms with Gasteiger partial charge in [-0.3, -0.25) is 11.1 Å². The Hall–Kier alpha value is -5.33. The van der Waals surface area contributed by atoms with Crippen LogP contribution in [-0.4, -0.2) is 21.5 Å². The smallest absolute Gasteiger partial charge is 0.669 e. The number of para-hydroxylation sites is 1. The Labute approximate surface area is 327 Å². The molecule has 0 radical (unpaired) electrons. The van der Waals surface area contributed by atoms with Crippen LogP contribution in [0.25, 0.3) is 33.2 Å². The number of fused-ring (bicyclic) bond motifs is 1. The third-order valence-electron chi connectivity index (χ3n) is 7.44. The van der Waals surface area contributed by atoms with Crippen molar-refractivity contribution in [3.05, 3.63) is 184 Å². The minimum absolute atomic E-state index is 0. The maximum absolute atomic E-state index is 6.57. The molecule has 0 bridgehead atoms. The zero-order valence-electron chi connectivity index (χ0n) is 27.1. The molecule has 0 amide bonds.